The summed E-state index contributed by atoms with van der Waals surface area (Å²) in [6.45, 7) is 2.89. The van der Waals surface area contributed by atoms with Crippen LogP contribution in [-0.2, 0) is 13.0 Å². The van der Waals surface area contributed by atoms with Crippen molar-refractivity contribution in [2.24, 2.45) is 0 Å². The molecule has 27 heavy (non-hydrogen) atoms. The van der Waals surface area contributed by atoms with Crippen molar-refractivity contribution >= 4 is 28.2 Å². The fourth-order valence-electron chi connectivity index (χ4n) is 3.15. The van der Waals surface area contributed by atoms with Crippen LogP contribution in [0.5, 0.6) is 0 Å². The Morgan fingerprint density at radius 3 is 3.07 bits per heavy atom. The van der Waals surface area contributed by atoms with E-state index in [4.69, 9.17) is 11.0 Å². The molecule has 9 heteroatoms. The van der Waals surface area contributed by atoms with Gasteiger partial charge in [-0.1, -0.05) is 0 Å². The van der Waals surface area contributed by atoms with Crippen LogP contribution >= 0.6 is 0 Å². The molecule has 3 aromatic heterocycles. The smallest absolute Gasteiger partial charge is 0.153 e. The molecule has 4 heterocycles. The number of nitriles is 1. The number of rotatable bonds is 3. The van der Waals surface area contributed by atoms with Crippen molar-refractivity contribution in [2.75, 3.05) is 17.6 Å². The zero-order valence-electron chi connectivity index (χ0n) is 14.8. The lowest BCUT2D eigenvalue weighted by molar-refractivity contribution is 0.120. The highest BCUT2D eigenvalue weighted by Crippen LogP contribution is 2.26. The fraction of sp³-hybridized carbons (Fsp3) is 0.333. The van der Waals surface area contributed by atoms with Crippen LogP contribution < -0.4 is 16.4 Å². The second-order valence-electron chi connectivity index (χ2n) is 6.62. The number of nitrogens with two attached hydrogens (primary N) is 1. The van der Waals surface area contributed by atoms with Gasteiger partial charge in [0, 0.05) is 36.3 Å². The molecular formula is C18H20N8O. The average molecular weight is 364 g/mol. The minimum Gasteiger partial charge on any atom is -0.383 e. The van der Waals surface area contributed by atoms with Gasteiger partial charge in [-0.3, -0.25) is 10.00 Å². The van der Waals surface area contributed by atoms with E-state index in [0.29, 0.717) is 36.2 Å². The summed E-state index contributed by atoms with van der Waals surface area (Å²) in [5.74, 6) is 1.30. The minimum atomic E-state index is -0.603. The van der Waals surface area contributed by atoms with Crippen LogP contribution in [0, 0.1) is 11.3 Å². The Hall–Kier alpha value is -3.22. The molecule has 5 N–H and O–H groups in total. The van der Waals surface area contributed by atoms with Crippen molar-refractivity contribution in [1.29, 1.82) is 5.26 Å². The van der Waals surface area contributed by atoms with Crippen molar-refractivity contribution in [3.63, 3.8) is 0 Å². The van der Waals surface area contributed by atoms with Gasteiger partial charge in [0.2, 0.25) is 0 Å². The highest BCUT2D eigenvalue weighted by Gasteiger charge is 2.16. The summed E-state index contributed by atoms with van der Waals surface area (Å²) in [5, 5.41) is 31.3. The van der Waals surface area contributed by atoms with Crippen LogP contribution in [0.2, 0.25) is 0 Å². The van der Waals surface area contributed by atoms with Gasteiger partial charge in [0.25, 0.3) is 0 Å². The van der Waals surface area contributed by atoms with Gasteiger partial charge >= 0.3 is 0 Å². The van der Waals surface area contributed by atoms with Gasteiger partial charge in [0.1, 0.15) is 17.9 Å². The predicted molar refractivity (Wildman–Crippen MR) is 101 cm³/mol. The summed E-state index contributed by atoms with van der Waals surface area (Å²) in [5.41, 5.74) is 7.70. The van der Waals surface area contributed by atoms with Crippen molar-refractivity contribution in [3.8, 4) is 6.07 Å². The standard InChI is InChI=1S/C18H20N8O/c1-10(7-19)14-4-11-5-15(22-8-13(11)18(20)23-14)24-16-6-12-2-3-21-17(27)9-26(12)25-16/h4-6,8,10,17,21,27H,2-3,9H2,1H3,(H2,20,23)(H,22,24,25)/t10-,17?/m0/s1. The fourth-order valence-corrected chi connectivity index (χ4v) is 3.15. The van der Waals surface area contributed by atoms with Crippen molar-refractivity contribution in [1.82, 2.24) is 25.1 Å². The Kier molecular flexibility index (Phi) is 4.35. The Bertz CT molecular complexity index is 1040. The Morgan fingerprint density at radius 2 is 2.26 bits per heavy atom. The lowest BCUT2D eigenvalue weighted by Gasteiger charge is -2.10. The molecule has 0 amide bonds. The molecule has 9 nitrogen and oxygen atoms in total. The van der Waals surface area contributed by atoms with E-state index in [1.165, 1.54) is 0 Å². The molecule has 138 valence electrons. The maximum Gasteiger partial charge on any atom is 0.153 e. The number of aliphatic hydroxyl groups excluding tert-OH is 1. The van der Waals surface area contributed by atoms with Crippen LogP contribution in [-0.4, -0.2) is 37.6 Å². The molecule has 3 aromatic rings. The van der Waals surface area contributed by atoms with Crippen molar-refractivity contribution < 1.29 is 5.11 Å². The molecule has 0 aromatic carbocycles. The zero-order chi connectivity index (χ0) is 19.0. The van der Waals surface area contributed by atoms with Gasteiger partial charge in [0.05, 0.1) is 24.2 Å². The summed E-state index contributed by atoms with van der Waals surface area (Å²) >= 11 is 0. The Balaban J connectivity index is 1.65. The van der Waals surface area contributed by atoms with Crippen LogP contribution in [0.25, 0.3) is 10.8 Å². The largest absolute Gasteiger partial charge is 0.383 e. The third-order valence-electron chi connectivity index (χ3n) is 4.63. The van der Waals surface area contributed by atoms with Gasteiger partial charge in [-0.25, -0.2) is 9.97 Å². The second kappa shape index (κ2) is 6.83. The molecule has 0 spiro atoms. The lowest BCUT2D eigenvalue weighted by Crippen LogP contribution is -2.31. The molecule has 0 bridgehead atoms. The number of hydrogen-bond acceptors (Lipinski definition) is 8. The number of nitrogen functional groups attached to an aromatic ring is 1. The molecule has 0 radical (unpaired) electrons. The first-order chi connectivity index (χ1) is 13.0. The number of aliphatic hydroxyl groups is 1. The van der Waals surface area contributed by atoms with E-state index in [-0.39, 0.29) is 5.92 Å². The molecule has 1 aliphatic heterocycles. The summed E-state index contributed by atoms with van der Waals surface area (Å²) in [4.78, 5) is 8.69. The second-order valence-corrected chi connectivity index (χ2v) is 6.62. The number of anilines is 3. The van der Waals surface area contributed by atoms with E-state index >= 15 is 0 Å². The Labute approximate surface area is 155 Å². The summed E-state index contributed by atoms with van der Waals surface area (Å²) in [6, 6.07) is 7.85. The number of fused-ring (bicyclic) bond motifs is 2. The van der Waals surface area contributed by atoms with Gasteiger partial charge in [-0.15, -0.1) is 0 Å². The topological polar surface area (TPSA) is 138 Å². The molecule has 2 atom stereocenters. The zero-order valence-corrected chi connectivity index (χ0v) is 14.8. The van der Waals surface area contributed by atoms with Gasteiger partial charge < -0.3 is 16.2 Å². The SMILES string of the molecule is C[C@@H](C#N)c1cc2cc(Nc3cc4n(n3)CC(O)NCC4)ncc2c(N)n1. The number of pyridine rings is 2. The normalized spacial score (nSPS) is 17.7. The highest BCUT2D eigenvalue weighted by atomic mass is 16.3. The first-order valence-corrected chi connectivity index (χ1v) is 8.74. The third kappa shape index (κ3) is 3.40. The third-order valence-corrected chi connectivity index (χ3v) is 4.63. The first kappa shape index (κ1) is 17.2. The van der Waals surface area contributed by atoms with Crippen molar-refractivity contribution in [2.45, 2.75) is 32.0 Å². The molecule has 0 aliphatic carbocycles. The van der Waals surface area contributed by atoms with E-state index in [1.807, 2.05) is 18.2 Å². The van der Waals surface area contributed by atoms with E-state index < -0.39 is 6.23 Å². The number of hydrogen-bond donors (Lipinski definition) is 4. The predicted octanol–water partition coefficient (Wildman–Crippen LogP) is 1.24. The maximum atomic E-state index is 9.83. The summed E-state index contributed by atoms with van der Waals surface area (Å²) < 4.78 is 1.79. The Morgan fingerprint density at radius 1 is 1.41 bits per heavy atom. The number of aromatic nitrogens is 4. The summed E-state index contributed by atoms with van der Waals surface area (Å²) in [6.07, 6.45) is 1.85. The average Bonchev–Trinajstić information content (AvgIpc) is 2.92. The monoisotopic (exact) mass is 364 g/mol. The van der Waals surface area contributed by atoms with Crippen LogP contribution in [0.4, 0.5) is 17.5 Å². The first-order valence-electron chi connectivity index (χ1n) is 8.74. The molecule has 0 fully saturated rings. The highest BCUT2D eigenvalue weighted by molar-refractivity contribution is 5.92. The van der Waals surface area contributed by atoms with Crippen molar-refractivity contribution in [3.05, 3.63) is 35.8 Å². The molecule has 1 unspecified atom stereocenters. The van der Waals surface area contributed by atoms with Gasteiger partial charge in [-0.2, -0.15) is 10.4 Å². The number of nitrogens with one attached hydrogen (secondary N) is 2. The van der Waals surface area contributed by atoms with Gasteiger partial charge in [-0.05, 0) is 24.4 Å². The molecule has 1 aliphatic rings. The van der Waals surface area contributed by atoms with E-state index in [2.05, 4.69) is 31.8 Å². The maximum absolute atomic E-state index is 9.83. The molecule has 4 rings (SSSR count). The van der Waals surface area contributed by atoms with E-state index in [0.717, 1.165) is 22.9 Å². The number of nitrogens with zero attached hydrogens (tertiary/aromatic N) is 5. The lowest BCUT2D eigenvalue weighted by atomic mass is 10.1. The van der Waals surface area contributed by atoms with Crippen LogP contribution in [0.1, 0.15) is 24.2 Å². The van der Waals surface area contributed by atoms with Crippen LogP contribution in [0.15, 0.2) is 24.4 Å². The van der Waals surface area contributed by atoms with E-state index in [9.17, 15) is 5.11 Å². The molecule has 0 saturated carbocycles. The minimum absolute atomic E-state index is 0.342. The van der Waals surface area contributed by atoms with Gasteiger partial charge in [0.15, 0.2) is 5.82 Å². The quantitative estimate of drug-likeness (QED) is 0.545. The summed E-state index contributed by atoms with van der Waals surface area (Å²) in [7, 11) is 0. The molecular weight excluding hydrogens is 344 g/mol. The van der Waals surface area contributed by atoms with Crippen LogP contribution in [0.3, 0.4) is 0 Å². The molecule has 0 saturated heterocycles. The van der Waals surface area contributed by atoms with E-state index in [1.54, 1.807) is 17.8 Å².